The zero-order valence-corrected chi connectivity index (χ0v) is 7.18. The molecular weight excluding hydrogens is 185 g/mol. The van der Waals surface area contributed by atoms with Crippen molar-refractivity contribution in [3.05, 3.63) is 0 Å². The number of nitrogens with zero attached hydrogens (tertiary/aromatic N) is 1. The summed E-state index contributed by atoms with van der Waals surface area (Å²) in [6, 6.07) is -1.52. The molecule has 3 nitrogen and oxygen atoms in total. The molecule has 1 aliphatic heterocycles. The van der Waals surface area contributed by atoms with E-state index in [1.54, 1.807) is 0 Å². The molecule has 1 rings (SSSR count). The number of morpholine rings is 1. The summed E-state index contributed by atoms with van der Waals surface area (Å²) in [6.07, 6.45) is -4.23. The highest BCUT2D eigenvalue weighted by molar-refractivity contribution is 4.80. The molecule has 0 spiro atoms. The third kappa shape index (κ3) is 2.82. The number of nitrogens with two attached hydrogens (primary N) is 1. The van der Waals surface area contributed by atoms with Crippen LogP contribution in [0.3, 0.4) is 0 Å². The molecule has 0 saturated carbocycles. The second-order valence-electron chi connectivity index (χ2n) is 2.94. The molecule has 1 heterocycles. The normalized spacial score (nSPS) is 23.1. The van der Waals surface area contributed by atoms with Crippen molar-refractivity contribution in [3.63, 3.8) is 0 Å². The van der Waals surface area contributed by atoms with Gasteiger partial charge >= 0.3 is 6.18 Å². The highest BCUT2D eigenvalue weighted by Gasteiger charge is 2.42. The Morgan fingerprint density at radius 3 is 2.23 bits per heavy atom. The average molecular weight is 198 g/mol. The molecular formula is C7H13F3N2O. The first kappa shape index (κ1) is 10.7. The van der Waals surface area contributed by atoms with E-state index in [-0.39, 0.29) is 6.54 Å². The van der Waals surface area contributed by atoms with Gasteiger partial charge in [0.2, 0.25) is 0 Å². The highest BCUT2D eigenvalue weighted by atomic mass is 19.4. The fourth-order valence-corrected chi connectivity index (χ4v) is 1.38. The largest absolute Gasteiger partial charge is 0.405 e. The van der Waals surface area contributed by atoms with Crippen molar-refractivity contribution < 1.29 is 17.9 Å². The van der Waals surface area contributed by atoms with Gasteiger partial charge in [0, 0.05) is 19.6 Å². The van der Waals surface area contributed by atoms with Gasteiger partial charge in [0.05, 0.1) is 13.2 Å². The van der Waals surface area contributed by atoms with Crippen LogP contribution in [0.1, 0.15) is 0 Å². The summed E-state index contributed by atoms with van der Waals surface area (Å²) in [7, 11) is 0. The lowest BCUT2D eigenvalue weighted by Crippen LogP contribution is -2.54. The van der Waals surface area contributed by atoms with Gasteiger partial charge in [-0.15, -0.1) is 0 Å². The van der Waals surface area contributed by atoms with Crippen molar-refractivity contribution in [3.8, 4) is 0 Å². The molecule has 1 unspecified atom stereocenters. The fraction of sp³-hybridized carbons (Fsp3) is 1.00. The van der Waals surface area contributed by atoms with Crippen molar-refractivity contribution in [2.45, 2.75) is 12.2 Å². The molecule has 0 bridgehead atoms. The standard InChI is InChI=1S/C7H13F3N2O/c8-7(9,10)6(5-11)12-1-3-13-4-2-12/h6H,1-5,11H2. The van der Waals surface area contributed by atoms with Gasteiger partial charge in [-0.1, -0.05) is 0 Å². The maximum Gasteiger partial charge on any atom is 0.405 e. The van der Waals surface area contributed by atoms with Crippen molar-refractivity contribution in [1.29, 1.82) is 0 Å². The van der Waals surface area contributed by atoms with Crippen LogP contribution in [0.25, 0.3) is 0 Å². The quantitative estimate of drug-likeness (QED) is 0.689. The summed E-state index contributed by atoms with van der Waals surface area (Å²) < 4.78 is 42.0. The number of hydrogen-bond acceptors (Lipinski definition) is 3. The predicted octanol–water partition coefficient (Wildman–Crippen LogP) is 0.208. The van der Waals surface area contributed by atoms with Gasteiger partial charge in [0.25, 0.3) is 0 Å². The van der Waals surface area contributed by atoms with Crippen molar-refractivity contribution in [2.75, 3.05) is 32.8 Å². The molecule has 6 heteroatoms. The molecule has 0 aromatic carbocycles. The lowest BCUT2D eigenvalue weighted by molar-refractivity contribution is -0.188. The lowest BCUT2D eigenvalue weighted by Gasteiger charge is -2.34. The van der Waals surface area contributed by atoms with E-state index in [0.29, 0.717) is 26.3 Å². The Bertz CT molecular complexity index is 156. The van der Waals surface area contributed by atoms with Crippen LogP contribution < -0.4 is 5.73 Å². The van der Waals surface area contributed by atoms with Gasteiger partial charge < -0.3 is 10.5 Å². The summed E-state index contributed by atoms with van der Waals surface area (Å²) in [6.45, 7) is 0.936. The van der Waals surface area contributed by atoms with Crippen LogP contribution in [0, 0.1) is 0 Å². The Morgan fingerprint density at radius 1 is 1.31 bits per heavy atom. The van der Waals surface area contributed by atoms with Gasteiger partial charge in [0.15, 0.2) is 0 Å². The second kappa shape index (κ2) is 4.26. The molecule has 1 aliphatic rings. The number of alkyl halides is 3. The Hall–Kier alpha value is -0.330. The lowest BCUT2D eigenvalue weighted by atomic mass is 10.2. The van der Waals surface area contributed by atoms with Crippen molar-refractivity contribution in [1.82, 2.24) is 4.90 Å². The average Bonchev–Trinajstić information content (AvgIpc) is 2.05. The van der Waals surface area contributed by atoms with Crippen LogP contribution in [0.15, 0.2) is 0 Å². The van der Waals surface area contributed by atoms with E-state index < -0.39 is 12.2 Å². The third-order valence-corrected chi connectivity index (χ3v) is 2.09. The summed E-state index contributed by atoms with van der Waals surface area (Å²) in [4.78, 5) is 1.32. The first-order valence-corrected chi connectivity index (χ1v) is 4.14. The van der Waals surface area contributed by atoms with E-state index in [1.807, 2.05) is 0 Å². The first-order valence-electron chi connectivity index (χ1n) is 4.14. The molecule has 0 aromatic rings. The van der Waals surface area contributed by atoms with E-state index in [2.05, 4.69) is 0 Å². The molecule has 0 amide bonds. The number of rotatable bonds is 2. The Labute approximate surface area is 74.6 Å². The van der Waals surface area contributed by atoms with Gasteiger partial charge in [-0.3, -0.25) is 4.90 Å². The number of hydrogen-bond donors (Lipinski definition) is 1. The highest BCUT2D eigenvalue weighted by Crippen LogP contribution is 2.24. The molecule has 0 radical (unpaired) electrons. The van der Waals surface area contributed by atoms with Gasteiger partial charge in [-0.05, 0) is 0 Å². The van der Waals surface area contributed by atoms with E-state index in [4.69, 9.17) is 10.5 Å². The minimum absolute atomic E-state index is 0.307. The monoisotopic (exact) mass is 198 g/mol. The Morgan fingerprint density at radius 2 is 1.85 bits per heavy atom. The van der Waals surface area contributed by atoms with Crippen LogP contribution in [-0.4, -0.2) is 50.0 Å². The van der Waals surface area contributed by atoms with E-state index >= 15 is 0 Å². The van der Waals surface area contributed by atoms with Gasteiger partial charge in [0.1, 0.15) is 6.04 Å². The molecule has 1 fully saturated rings. The molecule has 0 aliphatic carbocycles. The van der Waals surface area contributed by atoms with Crippen LogP contribution in [0.5, 0.6) is 0 Å². The summed E-state index contributed by atoms with van der Waals surface area (Å²) in [5.41, 5.74) is 5.09. The van der Waals surface area contributed by atoms with Gasteiger partial charge in [-0.25, -0.2) is 0 Å². The fourth-order valence-electron chi connectivity index (χ4n) is 1.38. The second-order valence-corrected chi connectivity index (χ2v) is 2.94. The Kier molecular flexibility index (Phi) is 3.52. The van der Waals surface area contributed by atoms with Crippen molar-refractivity contribution >= 4 is 0 Å². The first-order chi connectivity index (χ1) is 6.05. The zero-order chi connectivity index (χ0) is 9.90. The summed E-state index contributed by atoms with van der Waals surface area (Å²) >= 11 is 0. The Balaban J connectivity index is 2.54. The molecule has 1 atom stereocenters. The topological polar surface area (TPSA) is 38.5 Å². The molecule has 78 valence electrons. The smallest absolute Gasteiger partial charge is 0.379 e. The molecule has 2 N–H and O–H groups in total. The third-order valence-electron chi connectivity index (χ3n) is 2.09. The summed E-state index contributed by atoms with van der Waals surface area (Å²) in [5, 5.41) is 0. The summed E-state index contributed by atoms with van der Waals surface area (Å²) in [5.74, 6) is 0. The minimum Gasteiger partial charge on any atom is -0.379 e. The van der Waals surface area contributed by atoms with Crippen LogP contribution in [0.2, 0.25) is 0 Å². The molecule has 0 aromatic heterocycles. The van der Waals surface area contributed by atoms with E-state index in [0.717, 1.165) is 0 Å². The van der Waals surface area contributed by atoms with E-state index in [9.17, 15) is 13.2 Å². The number of halogens is 3. The molecule has 13 heavy (non-hydrogen) atoms. The maximum atomic E-state index is 12.3. The molecule has 1 saturated heterocycles. The maximum absolute atomic E-state index is 12.3. The zero-order valence-electron chi connectivity index (χ0n) is 7.18. The minimum atomic E-state index is -4.23. The SMILES string of the molecule is NCC(N1CCOCC1)C(F)(F)F. The van der Waals surface area contributed by atoms with Gasteiger partial charge in [-0.2, -0.15) is 13.2 Å². The van der Waals surface area contributed by atoms with Crippen LogP contribution in [0.4, 0.5) is 13.2 Å². The van der Waals surface area contributed by atoms with Crippen LogP contribution in [-0.2, 0) is 4.74 Å². The van der Waals surface area contributed by atoms with Crippen molar-refractivity contribution in [2.24, 2.45) is 5.73 Å². The van der Waals surface area contributed by atoms with E-state index in [1.165, 1.54) is 4.90 Å². The predicted molar refractivity (Wildman–Crippen MR) is 41.3 cm³/mol. The number of ether oxygens (including phenoxy) is 1. The van der Waals surface area contributed by atoms with Crippen LogP contribution >= 0.6 is 0 Å².